The van der Waals surface area contributed by atoms with E-state index in [1.807, 2.05) is 44.2 Å². The van der Waals surface area contributed by atoms with Crippen LogP contribution in [0.15, 0.2) is 79.8 Å². The van der Waals surface area contributed by atoms with Gasteiger partial charge in [0.1, 0.15) is 11.3 Å². The highest BCUT2D eigenvalue weighted by Gasteiger charge is 2.21. The van der Waals surface area contributed by atoms with Crippen molar-refractivity contribution >= 4 is 28.0 Å². The first-order valence-electron chi connectivity index (χ1n) is 11.4. The lowest BCUT2D eigenvalue weighted by Crippen LogP contribution is -2.23. The molecule has 0 spiro atoms. The monoisotopic (exact) mass is 455 g/mol. The topological polar surface area (TPSA) is 65.6 Å². The summed E-state index contributed by atoms with van der Waals surface area (Å²) < 4.78 is 15.1. The Labute approximate surface area is 199 Å². The lowest BCUT2D eigenvalue weighted by Gasteiger charge is -2.28. The minimum atomic E-state index is -0.406. The van der Waals surface area contributed by atoms with E-state index < -0.39 is 5.82 Å². The van der Waals surface area contributed by atoms with Gasteiger partial charge in [-0.3, -0.25) is 5.10 Å². The molecule has 2 heterocycles. The average Bonchev–Trinajstić information content (AvgIpc) is 3.21. The maximum Gasteiger partial charge on any atom is 0.151 e. The van der Waals surface area contributed by atoms with E-state index in [-0.39, 0.29) is 5.52 Å². The first kappa shape index (κ1) is 23.2. The highest BCUT2D eigenvalue weighted by molar-refractivity contribution is 5.95. The van der Waals surface area contributed by atoms with E-state index in [9.17, 15) is 0 Å². The van der Waals surface area contributed by atoms with Crippen LogP contribution in [-0.2, 0) is 0 Å². The van der Waals surface area contributed by atoms with Crippen LogP contribution in [0, 0.1) is 18.7 Å². The summed E-state index contributed by atoms with van der Waals surface area (Å²) in [7, 11) is 0. The normalized spacial score (nSPS) is 14.6. The van der Waals surface area contributed by atoms with Crippen LogP contribution >= 0.6 is 0 Å². The van der Waals surface area contributed by atoms with E-state index in [2.05, 4.69) is 45.6 Å². The second kappa shape index (κ2) is 9.91. The van der Waals surface area contributed by atoms with E-state index in [1.54, 1.807) is 12.3 Å². The molecule has 1 aliphatic carbocycles. The number of aromatic nitrogens is 3. The van der Waals surface area contributed by atoms with Crippen LogP contribution < -0.4 is 10.6 Å². The Morgan fingerprint density at radius 2 is 2.06 bits per heavy atom. The predicted molar refractivity (Wildman–Crippen MR) is 139 cm³/mol. The molecule has 3 aromatic rings. The van der Waals surface area contributed by atoms with Gasteiger partial charge in [0.25, 0.3) is 0 Å². The van der Waals surface area contributed by atoms with Crippen molar-refractivity contribution in [2.24, 2.45) is 5.92 Å². The third-order valence-electron chi connectivity index (χ3n) is 6.27. The fourth-order valence-electron chi connectivity index (χ4n) is 3.99. The molecule has 1 saturated carbocycles. The number of hydrogen-bond donors (Lipinski definition) is 3. The minimum absolute atomic E-state index is 0.263. The number of rotatable bonds is 9. The van der Waals surface area contributed by atoms with Gasteiger partial charge in [-0.25, -0.2) is 9.37 Å². The smallest absolute Gasteiger partial charge is 0.151 e. The van der Waals surface area contributed by atoms with Crippen LogP contribution in [0.5, 0.6) is 0 Å². The number of aryl methyl sites for hydroxylation is 1. The summed E-state index contributed by atoms with van der Waals surface area (Å²) in [4.78, 5) is 4.35. The number of nitrogens with zero attached hydrogens (tertiary/aromatic N) is 2. The first-order valence-corrected chi connectivity index (χ1v) is 11.4. The van der Waals surface area contributed by atoms with Crippen LogP contribution in [0.2, 0.25) is 0 Å². The Bertz CT molecular complexity index is 1320. The number of allylic oxidation sites excluding steroid dienone is 5. The van der Waals surface area contributed by atoms with Gasteiger partial charge < -0.3 is 10.6 Å². The van der Waals surface area contributed by atoms with Gasteiger partial charge in [-0.05, 0) is 79.7 Å². The van der Waals surface area contributed by atoms with E-state index in [0.717, 1.165) is 40.9 Å². The van der Waals surface area contributed by atoms with Crippen LogP contribution in [0.3, 0.4) is 0 Å². The fraction of sp³-hybridized carbons (Fsp3) is 0.214. The quantitative estimate of drug-likeness (QED) is 0.308. The van der Waals surface area contributed by atoms with Gasteiger partial charge in [0, 0.05) is 23.0 Å². The van der Waals surface area contributed by atoms with Crippen LogP contribution in [-0.4, -0.2) is 15.2 Å². The summed E-state index contributed by atoms with van der Waals surface area (Å²) in [5.74, 6) is 0.787. The van der Waals surface area contributed by atoms with Crippen molar-refractivity contribution in [2.45, 2.75) is 33.1 Å². The molecule has 0 bridgehead atoms. The van der Waals surface area contributed by atoms with E-state index in [1.165, 1.54) is 12.5 Å². The maximum absolute atomic E-state index is 15.1. The SMILES string of the molecule is C=C/C(=C\C(=C/C)c1cc(F)c2n[nH]c(C(=C)Nc3ncccc3C)c2c1)NC(=C)C1CCC1. The summed E-state index contributed by atoms with van der Waals surface area (Å²) in [5.41, 5.74) is 5.83. The van der Waals surface area contributed by atoms with Gasteiger partial charge in [0.15, 0.2) is 5.82 Å². The van der Waals surface area contributed by atoms with Crippen molar-refractivity contribution in [3.8, 4) is 0 Å². The average molecular weight is 456 g/mol. The molecular formula is C28H30FN5. The highest BCUT2D eigenvalue weighted by Crippen LogP contribution is 2.32. The van der Waals surface area contributed by atoms with Crippen molar-refractivity contribution < 1.29 is 4.39 Å². The van der Waals surface area contributed by atoms with Crippen LogP contribution in [0.4, 0.5) is 10.2 Å². The standard InChI is InChI=1S/C28H30FN5/c1-6-20(14-23(7-2)31-18(4)21-11-8-12-21)22-15-24-26(33-34-27(24)25(29)16-22)19(5)32-28-17(3)10-9-13-30-28/h6-7,9-10,13-16,21,31H,2,4-5,8,11-12H2,1,3H3,(H,30,32)(H,33,34)/b20-6+,23-14+. The van der Waals surface area contributed by atoms with Gasteiger partial charge in [-0.15, -0.1) is 0 Å². The summed E-state index contributed by atoms with van der Waals surface area (Å²) in [6.07, 6.45) is 10.9. The van der Waals surface area contributed by atoms with Crippen molar-refractivity contribution in [1.29, 1.82) is 0 Å². The van der Waals surface area contributed by atoms with E-state index in [0.29, 0.717) is 28.5 Å². The largest absolute Gasteiger partial charge is 0.359 e. The number of nitrogens with one attached hydrogen (secondary N) is 3. The van der Waals surface area contributed by atoms with Crippen LogP contribution in [0.25, 0.3) is 22.2 Å². The molecule has 0 aliphatic heterocycles. The molecule has 2 aromatic heterocycles. The summed E-state index contributed by atoms with van der Waals surface area (Å²) in [6.45, 7) is 16.1. The summed E-state index contributed by atoms with van der Waals surface area (Å²) in [6, 6.07) is 7.25. The van der Waals surface area contributed by atoms with Crippen molar-refractivity contribution in [2.75, 3.05) is 5.32 Å². The second-order valence-electron chi connectivity index (χ2n) is 8.55. The number of hydrogen-bond acceptors (Lipinski definition) is 4. The minimum Gasteiger partial charge on any atom is -0.359 e. The zero-order valence-electron chi connectivity index (χ0n) is 19.7. The highest BCUT2D eigenvalue weighted by atomic mass is 19.1. The molecule has 0 unspecified atom stereocenters. The van der Waals surface area contributed by atoms with E-state index >= 15 is 4.39 Å². The number of benzene rings is 1. The Hall–Kier alpha value is -3.93. The molecule has 0 saturated heterocycles. The second-order valence-corrected chi connectivity index (χ2v) is 8.55. The number of H-pyrrole nitrogens is 1. The molecule has 0 atom stereocenters. The molecule has 0 radical (unpaired) electrons. The molecule has 34 heavy (non-hydrogen) atoms. The zero-order chi connectivity index (χ0) is 24.2. The number of halogens is 1. The Morgan fingerprint density at radius 3 is 2.71 bits per heavy atom. The van der Waals surface area contributed by atoms with Crippen LogP contribution in [0.1, 0.15) is 43.0 Å². The van der Waals surface area contributed by atoms with Crippen molar-refractivity contribution in [1.82, 2.24) is 20.5 Å². The Kier molecular flexibility index (Phi) is 6.77. The molecule has 3 N–H and O–H groups in total. The van der Waals surface area contributed by atoms with Gasteiger partial charge in [0.2, 0.25) is 0 Å². The molecule has 1 aromatic carbocycles. The molecule has 174 valence electrons. The number of anilines is 1. The maximum atomic E-state index is 15.1. The molecule has 4 rings (SSSR count). The van der Waals surface area contributed by atoms with Gasteiger partial charge in [-0.2, -0.15) is 5.10 Å². The number of fused-ring (bicyclic) bond motifs is 1. The molecule has 5 nitrogen and oxygen atoms in total. The predicted octanol–water partition coefficient (Wildman–Crippen LogP) is 6.86. The van der Waals surface area contributed by atoms with E-state index in [4.69, 9.17) is 0 Å². The fourth-order valence-corrected chi connectivity index (χ4v) is 3.99. The molecule has 6 heteroatoms. The summed E-state index contributed by atoms with van der Waals surface area (Å²) >= 11 is 0. The lowest BCUT2D eigenvalue weighted by molar-refractivity contribution is 0.356. The van der Waals surface area contributed by atoms with Gasteiger partial charge >= 0.3 is 0 Å². The Balaban J connectivity index is 1.66. The van der Waals surface area contributed by atoms with Crippen molar-refractivity contribution in [3.63, 3.8) is 0 Å². The third-order valence-corrected chi connectivity index (χ3v) is 6.27. The zero-order valence-corrected chi connectivity index (χ0v) is 19.7. The third kappa shape index (κ3) is 4.71. The number of aromatic amines is 1. The number of pyridine rings is 1. The van der Waals surface area contributed by atoms with Crippen molar-refractivity contribution in [3.05, 3.63) is 102 Å². The summed E-state index contributed by atoms with van der Waals surface area (Å²) in [5, 5.41) is 14.3. The van der Waals surface area contributed by atoms with Gasteiger partial charge in [-0.1, -0.05) is 38.3 Å². The van der Waals surface area contributed by atoms with Gasteiger partial charge in [0.05, 0.1) is 11.4 Å². The molecule has 1 fully saturated rings. The molecule has 1 aliphatic rings. The first-order chi connectivity index (χ1) is 16.4. The molecule has 0 amide bonds. The Morgan fingerprint density at radius 1 is 1.26 bits per heavy atom. The lowest BCUT2D eigenvalue weighted by atomic mass is 9.83. The molecular weight excluding hydrogens is 425 g/mol.